The van der Waals surface area contributed by atoms with Crippen molar-refractivity contribution in [2.24, 2.45) is 5.92 Å². The number of piperidine rings is 1. The summed E-state index contributed by atoms with van der Waals surface area (Å²) in [4.78, 5) is 36.6. The normalized spacial score (nSPS) is 18.4. The van der Waals surface area contributed by atoms with Crippen LogP contribution in [0, 0.1) is 5.92 Å². The number of esters is 1. The highest BCUT2D eigenvalue weighted by Crippen LogP contribution is 2.33. The van der Waals surface area contributed by atoms with Crippen LogP contribution in [-0.2, 0) is 19.1 Å². The number of ether oxygens (including phenoxy) is 2. The number of halogens is 3. The molecule has 0 radical (unpaired) electrons. The molecule has 0 bridgehead atoms. The number of carbonyl (C=O) groups is 3. The Kier molecular flexibility index (Phi) is 10.9. The zero-order chi connectivity index (χ0) is 19.1. The summed E-state index contributed by atoms with van der Waals surface area (Å²) >= 11 is 7.05. The van der Waals surface area contributed by atoms with Crippen LogP contribution in [0.5, 0.6) is 0 Å². The number of amides is 1. The van der Waals surface area contributed by atoms with Crippen molar-refractivity contribution in [2.75, 3.05) is 19.7 Å². The zero-order valence-electron chi connectivity index (χ0n) is 14.5. The summed E-state index contributed by atoms with van der Waals surface area (Å²) in [7, 11) is 0. The van der Waals surface area contributed by atoms with Gasteiger partial charge in [0.15, 0.2) is 5.78 Å². The van der Waals surface area contributed by atoms with E-state index in [2.05, 4.69) is 74.7 Å². The van der Waals surface area contributed by atoms with Gasteiger partial charge >= 0.3 is 12.1 Å². The van der Waals surface area contributed by atoms with Crippen molar-refractivity contribution in [3.05, 3.63) is 0 Å². The molecule has 140 valence electrons. The average Bonchev–Trinajstić information content (AvgIpc) is 2.35. The molecule has 0 aromatic heterocycles. The molecule has 1 aliphatic rings. The fourth-order valence-electron chi connectivity index (χ4n) is 1.77. The molecule has 0 aromatic carbocycles. The molecular weight excluding hydrogens is 655 g/mol. The molecule has 24 heavy (non-hydrogen) atoms. The van der Waals surface area contributed by atoms with E-state index in [-0.39, 0.29) is 31.9 Å². The van der Waals surface area contributed by atoms with Crippen LogP contribution in [0.25, 0.3) is 0 Å². The minimum absolute atomic E-state index is 0.0343. The fraction of sp³-hybridized carbons (Fsp3) is 0.800. The number of hydrogen-bond donors (Lipinski definition) is 0. The first-order chi connectivity index (χ1) is 10.7. The summed E-state index contributed by atoms with van der Waals surface area (Å²) in [5.74, 6) is -1.64. The molecule has 0 N–H and O–H groups in total. The lowest BCUT2D eigenvalue weighted by Gasteiger charge is -2.32. The number of Topliss-reactive ketones (excluding diaryl/α,β-unsaturated/α-hetero) is 1. The number of ketones is 1. The molecule has 1 atom stereocenters. The topological polar surface area (TPSA) is 72.9 Å². The molecule has 9 heteroatoms. The van der Waals surface area contributed by atoms with Crippen LogP contribution < -0.4 is 0 Å². The minimum atomic E-state index is -0.888. The molecule has 0 spiro atoms. The highest BCUT2D eigenvalue weighted by molar-refractivity contribution is 14.3. The van der Waals surface area contributed by atoms with E-state index in [4.69, 9.17) is 9.47 Å². The second-order valence-corrected chi connectivity index (χ2v) is 18.9. The Morgan fingerprint density at radius 3 is 2.12 bits per heavy atom. The Balaban J connectivity index is 0.000000922. The van der Waals surface area contributed by atoms with Gasteiger partial charge < -0.3 is 14.4 Å². The van der Waals surface area contributed by atoms with Crippen LogP contribution in [0.4, 0.5) is 4.79 Å². The van der Waals surface area contributed by atoms with Crippen LogP contribution in [0.2, 0.25) is 0 Å². The van der Waals surface area contributed by atoms with E-state index >= 15 is 0 Å². The quantitative estimate of drug-likeness (QED) is 0.188. The van der Waals surface area contributed by atoms with E-state index in [0.29, 0.717) is -0.565 Å². The second-order valence-electron chi connectivity index (χ2n) is 6.23. The molecule has 6 nitrogen and oxygen atoms in total. The highest BCUT2D eigenvalue weighted by Gasteiger charge is 2.37. The molecule has 1 saturated heterocycles. The maximum absolute atomic E-state index is 11.9. The summed E-state index contributed by atoms with van der Waals surface area (Å²) in [6.45, 7) is 9.66. The summed E-state index contributed by atoms with van der Waals surface area (Å²) in [5.41, 5.74) is -0.599. The van der Waals surface area contributed by atoms with Gasteiger partial charge in [0.1, 0.15) is 11.0 Å². The maximum Gasteiger partial charge on any atom is 0.410 e. The zero-order valence-corrected chi connectivity index (χ0v) is 21.0. The van der Waals surface area contributed by atoms with Crippen molar-refractivity contribution in [1.82, 2.24) is 4.90 Å². The van der Waals surface area contributed by atoms with Crippen molar-refractivity contribution in [1.29, 1.82) is 0 Å². The minimum Gasteiger partial charge on any atom is -0.465 e. The third kappa shape index (κ3) is 12.0. The molecule has 1 amide bonds. The number of hydrogen-bond acceptors (Lipinski definition) is 5. The van der Waals surface area contributed by atoms with E-state index in [0.717, 1.165) is 0 Å². The summed E-state index contributed by atoms with van der Waals surface area (Å²) < 4.78 is 10.5. The van der Waals surface area contributed by atoms with Gasteiger partial charge in [-0.05, 0) is 34.6 Å². The van der Waals surface area contributed by atoms with Crippen LogP contribution in [0.15, 0.2) is 0 Å². The number of alkyl halides is 3. The SMILES string of the molecule is CC(I)(I)I.CCOC(=O)C1CN(C(=O)OC(C)(C)C)CCC1=O. The van der Waals surface area contributed by atoms with E-state index in [1.54, 1.807) is 27.7 Å². The Labute approximate surface area is 184 Å². The Hall–Kier alpha value is 0.600. The van der Waals surface area contributed by atoms with Gasteiger partial charge in [0.05, 0.1) is 6.61 Å². The smallest absolute Gasteiger partial charge is 0.410 e. The average molecular weight is 679 g/mol. The molecule has 0 aromatic rings. The first kappa shape index (κ1) is 24.6. The van der Waals surface area contributed by atoms with Crippen molar-refractivity contribution >= 4 is 85.6 Å². The van der Waals surface area contributed by atoms with E-state index in [9.17, 15) is 14.4 Å². The van der Waals surface area contributed by atoms with Gasteiger partial charge in [-0.3, -0.25) is 9.59 Å². The van der Waals surface area contributed by atoms with E-state index in [1.165, 1.54) is 4.90 Å². The molecule has 1 heterocycles. The number of rotatable bonds is 2. The molecule has 0 aliphatic carbocycles. The van der Waals surface area contributed by atoms with Crippen molar-refractivity contribution in [2.45, 2.75) is 46.1 Å². The molecule has 1 aliphatic heterocycles. The summed E-state index contributed by atoms with van der Waals surface area (Å²) in [6, 6.07) is 0. The Morgan fingerprint density at radius 2 is 1.71 bits per heavy atom. The monoisotopic (exact) mass is 679 g/mol. The van der Waals surface area contributed by atoms with Gasteiger partial charge in [0.2, 0.25) is 0 Å². The molecule has 1 fully saturated rings. The van der Waals surface area contributed by atoms with Gasteiger partial charge in [-0.15, -0.1) is 0 Å². The Morgan fingerprint density at radius 1 is 1.21 bits per heavy atom. The lowest BCUT2D eigenvalue weighted by molar-refractivity contribution is -0.153. The van der Waals surface area contributed by atoms with Gasteiger partial charge in [-0.1, -0.05) is 67.8 Å². The van der Waals surface area contributed by atoms with Gasteiger partial charge in [0, 0.05) is 19.5 Å². The summed E-state index contributed by atoms with van der Waals surface area (Å²) in [6.07, 6.45) is -0.350. The number of nitrogens with zero attached hydrogens (tertiary/aromatic N) is 1. The second kappa shape index (κ2) is 10.7. The van der Waals surface area contributed by atoms with Crippen LogP contribution in [0.1, 0.15) is 41.0 Å². The number of likely N-dealkylation sites (tertiary alicyclic amines) is 1. The van der Waals surface area contributed by atoms with Crippen LogP contribution in [-0.4, -0.2) is 47.5 Å². The predicted octanol–water partition coefficient (Wildman–Crippen LogP) is 4.34. The van der Waals surface area contributed by atoms with Crippen molar-refractivity contribution < 1.29 is 23.9 Å². The predicted molar refractivity (Wildman–Crippen MR) is 118 cm³/mol. The fourth-order valence-corrected chi connectivity index (χ4v) is 1.77. The van der Waals surface area contributed by atoms with Gasteiger partial charge in [0.25, 0.3) is 0 Å². The van der Waals surface area contributed by atoms with E-state index < -0.39 is 23.6 Å². The van der Waals surface area contributed by atoms with Crippen molar-refractivity contribution in [3.8, 4) is 0 Å². The van der Waals surface area contributed by atoms with Gasteiger partial charge in [-0.25, -0.2) is 4.79 Å². The van der Waals surface area contributed by atoms with Crippen LogP contribution in [0.3, 0.4) is 0 Å². The Bertz CT molecular complexity index is 451. The van der Waals surface area contributed by atoms with Gasteiger partial charge in [-0.2, -0.15) is 0 Å². The molecule has 1 unspecified atom stereocenters. The lowest BCUT2D eigenvalue weighted by atomic mass is 9.97. The van der Waals surface area contributed by atoms with E-state index in [1.807, 2.05) is 0 Å². The summed E-state index contributed by atoms with van der Waals surface area (Å²) in [5, 5.41) is 0. The first-order valence-electron chi connectivity index (χ1n) is 7.48. The maximum atomic E-state index is 11.9. The first-order valence-corrected chi connectivity index (χ1v) is 10.7. The molecular formula is C15H24I3NO5. The highest BCUT2D eigenvalue weighted by atomic mass is 127. The van der Waals surface area contributed by atoms with Crippen LogP contribution >= 0.6 is 67.8 Å². The third-order valence-electron chi connectivity index (χ3n) is 2.64. The third-order valence-corrected chi connectivity index (χ3v) is 2.64. The standard InChI is InChI=1S/C13H21NO5.C2H3I3/c1-5-18-11(16)9-8-14(7-6-10(9)15)12(17)19-13(2,3)4;1-2(3,4)5/h9H,5-8H2,1-4H3;1H3. The lowest BCUT2D eigenvalue weighted by Crippen LogP contribution is -2.48. The largest absolute Gasteiger partial charge is 0.465 e. The molecule has 0 saturated carbocycles. The molecule has 1 rings (SSSR count). The number of carbonyl (C=O) groups excluding carboxylic acids is 3. The van der Waals surface area contributed by atoms with Crippen molar-refractivity contribution in [3.63, 3.8) is 0 Å².